The molecule has 2 atom stereocenters. The molecule has 0 radical (unpaired) electrons. The quantitative estimate of drug-likeness (QED) is 0.780. The third-order valence-electron chi connectivity index (χ3n) is 4.22. The van der Waals surface area contributed by atoms with E-state index >= 15 is 0 Å². The Labute approximate surface area is 135 Å². The molecule has 0 spiro atoms. The van der Waals surface area contributed by atoms with Gasteiger partial charge in [-0.05, 0) is 46.0 Å². The zero-order valence-corrected chi connectivity index (χ0v) is 12.9. The molecular formula is C15H13N5O2S. The van der Waals surface area contributed by atoms with E-state index in [1.165, 1.54) is 4.88 Å². The van der Waals surface area contributed by atoms with Crippen molar-refractivity contribution in [2.75, 3.05) is 12.1 Å². The van der Waals surface area contributed by atoms with E-state index in [9.17, 15) is 0 Å². The van der Waals surface area contributed by atoms with Crippen LogP contribution in [0.5, 0.6) is 11.5 Å². The smallest absolute Gasteiger partial charge is 0.244 e. The van der Waals surface area contributed by atoms with Crippen molar-refractivity contribution >= 4 is 17.3 Å². The highest BCUT2D eigenvalue weighted by atomic mass is 32.1. The molecule has 2 aliphatic heterocycles. The topological polar surface area (TPSA) is 74.1 Å². The molecule has 2 aliphatic rings. The van der Waals surface area contributed by atoms with E-state index in [0.29, 0.717) is 5.95 Å². The second-order valence-corrected chi connectivity index (χ2v) is 6.50. The summed E-state index contributed by atoms with van der Waals surface area (Å²) in [7, 11) is 0. The molecule has 1 N–H and O–H groups in total. The maximum absolute atomic E-state index is 5.49. The van der Waals surface area contributed by atoms with Gasteiger partial charge in [0.1, 0.15) is 0 Å². The minimum absolute atomic E-state index is 0.120. The third-order valence-corrected chi connectivity index (χ3v) is 5.19. The number of thiophene rings is 1. The van der Waals surface area contributed by atoms with Gasteiger partial charge in [0.25, 0.3) is 0 Å². The largest absolute Gasteiger partial charge is 0.454 e. The monoisotopic (exact) mass is 327 g/mol. The zero-order valence-electron chi connectivity index (χ0n) is 12.0. The lowest BCUT2D eigenvalue weighted by molar-refractivity contribution is 0.174. The average Bonchev–Trinajstić information content (AvgIpc) is 3.32. The fraction of sp³-hybridized carbons (Fsp3) is 0.267. The number of anilines is 1. The van der Waals surface area contributed by atoms with Crippen molar-refractivity contribution in [3.8, 4) is 11.5 Å². The van der Waals surface area contributed by atoms with E-state index in [1.807, 2.05) is 16.8 Å². The van der Waals surface area contributed by atoms with Crippen LogP contribution in [0, 0.1) is 0 Å². The number of nitrogens with one attached hydrogen (secondary N) is 1. The van der Waals surface area contributed by atoms with Gasteiger partial charge < -0.3 is 14.8 Å². The minimum atomic E-state index is 0.120. The molecule has 7 nitrogen and oxygen atoms in total. The van der Waals surface area contributed by atoms with Crippen LogP contribution >= 0.6 is 11.3 Å². The van der Waals surface area contributed by atoms with Gasteiger partial charge in [0, 0.05) is 4.88 Å². The summed E-state index contributed by atoms with van der Waals surface area (Å²) in [5.41, 5.74) is 1.14. The number of tetrazole rings is 1. The van der Waals surface area contributed by atoms with Gasteiger partial charge in [-0.15, -0.1) is 11.3 Å². The molecular weight excluding hydrogens is 314 g/mol. The summed E-state index contributed by atoms with van der Waals surface area (Å²) in [5.74, 6) is 2.28. The lowest BCUT2D eigenvalue weighted by atomic mass is 9.96. The predicted molar refractivity (Wildman–Crippen MR) is 83.8 cm³/mol. The van der Waals surface area contributed by atoms with Gasteiger partial charge >= 0.3 is 0 Å². The molecule has 4 heterocycles. The van der Waals surface area contributed by atoms with Crippen LogP contribution in [0.15, 0.2) is 35.7 Å². The molecule has 0 aliphatic carbocycles. The van der Waals surface area contributed by atoms with Crippen LogP contribution in [0.2, 0.25) is 0 Å². The van der Waals surface area contributed by atoms with Gasteiger partial charge in [-0.3, -0.25) is 0 Å². The Morgan fingerprint density at radius 3 is 3.09 bits per heavy atom. The molecule has 0 fully saturated rings. The molecule has 23 heavy (non-hydrogen) atoms. The van der Waals surface area contributed by atoms with Crippen molar-refractivity contribution < 1.29 is 9.47 Å². The van der Waals surface area contributed by atoms with E-state index in [1.54, 1.807) is 11.3 Å². The van der Waals surface area contributed by atoms with E-state index in [-0.39, 0.29) is 18.9 Å². The van der Waals surface area contributed by atoms with Crippen LogP contribution < -0.4 is 14.8 Å². The highest BCUT2D eigenvalue weighted by molar-refractivity contribution is 7.10. The molecule has 0 saturated carbocycles. The number of ether oxygens (including phenoxy) is 2. The van der Waals surface area contributed by atoms with Crippen molar-refractivity contribution in [2.24, 2.45) is 0 Å². The zero-order chi connectivity index (χ0) is 15.2. The van der Waals surface area contributed by atoms with Crippen LogP contribution in [0.1, 0.15) is 28.9 Å². The maximum Gasteiger partial charge on any atom is 0.244 e. The molecule has 116 valence electrons. The Hall–Kier alpha value is -2.61. The summed E-state index contributed by atoms with van der Waals surface area (Å²) in [4.78, 5) is 1.26. The predicted octanol–water partition coefficient (Wildman–Crippen LogP) is 2.61. The molecule has 8 heteroatoms. The van der Waals surface area contributed by atoms with Gasteiger partial charge in [0.15, 0.2) is 11.5 Å². The molecule has 1 aromatic carbocycles. The number of hydrogen-bond acceptors (Lipinski definition) is 7. The van der Waals surface area contributed by atoms with E-state index in [4.69, 9.17) is 9.47 Å². The minimum Gasteiger partial charge on any atom is -0.454 e. The van der Waals surface area contributed by atoms with Crippen LogP contribution in [0.4, 0.5) is 5.95 Å². The standard InChI is InChI=1S/C15H13N5O2S/c1-2-14(23-5-1)11-7-10(16-15-17-18-19-20(11)15)9-3-4-12-13(6-9)22-8-21-12/h1-6,10-11H,7-8H2,(H,16,17,19)/t10-,11+/m1/s1. The first kappa shape index (κ1) is 12.9. The van der Waals surface area contributed by atoms with Crippen molar-refractivity contribution in [3.63, 3.8) is 0 Å². The normalized spacial score (nSPS) is 21.7. The molecule has 2 aromatic heterocycles. The SMILES string of the molecule is c1csc([C@@H]2C[C@H](c3ccc4c(c3)OCO4)Nc3nnnn32)c1. The summed E-state index contributed by atoms with van der Waals surface area (Å²) in [5, 5.41) is 17.5. The summed E-state index contributed by atoms with van der Waals surface area (Å²) < 4.78 is 12.7. The number of nitrogens with zero attached hydrogens (tertiary/aromatic N) is 4. The van der Waals surface area contributed by atoms with Crippen LogP contribution in [-0.2, 0) is 0 Å². The van der Waals surface area contributed by atoms with Crippen molar-refractivity contribution in [1.82, 2.24) is 20.2 Å². The third kappa shape index (κ3) is 2.06. The molecule has 3 aromatic rings. The van der Waals surface area contributed by atoms with Crippen molar-refractivity contribution in [3.05, 3.63) is 46.2 Å². The first-order chi connectivity index (χ1) is 11.4. The molecule has 5 rings (SSSR count). The second-order valence-electron chi connectivity index (χ2n) is 5.52. The first-order valence-electron chi connectivity index (χ1n) is 7.36. The maximum atomic E-state index is 5.49. The van der Waals surface area contributed by atoms with E-state index in [0.717, 1.165) is 23.5 Å². The summed E-state index contributed by atoms with van der Waals surface area (Å²) >= 11 is 1.72. The molecule has 0 bridgehead atoms. The van der Waals surface area contributed by atoms with E-state index < -0.39 is 0 Å². The van der Waals surface area contributed by atoms with Gasteiger partial charge in [-0.25, -0.2) is 4.68 Å². The Morgan fingerprint density at radius 1 is 1.22 bits per heavy atom. The number of fused-ring (bicyclic) bond motifs is 2. The fourth-order valence-electron chi connectivity index (χ4n) is 3.10. The highest BCUT2D eigenvalue weighted by Crippen LogP contribution is 2.41. The fourth-order valence-corrected chi connectivity index (χ4v) is 3.93. The van der Waals surface area contributed by atoms with Gasteiger partial charge in [0.2, 0.25) is 12.7 Å². The Kier molecular flexibility index (Phi) is 2.77. The van der Waals surface area contributed by atoms with Gasteiger partial charge in [-0.2, -0.15) is 0 Å². The molecule has 0 saturated heterocycles. The number of rotatable bonds is 2. The summed E-state index contributed by atoms with van der Waals surface area (Å²) in [6.07, 6.45) is 0.873. The Bertz CT molecular complexity index is 847. The lowest BCUT2D eigenvalue weighted by Gasteiger charge is -2.30. The van der Waals surface area contributed by atoms with E-state index in [2.05, 4.69) is 44.4 Å². The molecule has 0 unspecified atom stereocenters. The van der Waals surface area contributed by atoms with Crippen molar-refractivity contribution in [1.29, 1.82) is 0 Å². The second kappa shape index (κ2) is 4.95. The average molecular weight is 327 g/mol. The summed E-state index contributed by atoms with van der Waals surface area (Å²) in [6, 6.07) is 10.5. The van der Waals surface area contributed by atoms with Gasteiger partial charge in [0.05, 0.1) is 12.1 Å². The van der Waals surface area contributed by atoms with Crippen LogP contribution in [-0.4, -0.2) is 27.0 Å². The number of aromatic nitrogens is 4. The number of benzene rings is 1. The highest BCUT2D eigenvalue weighted by Gasteiger charge is 2.31. The summed E-state index contributed by atoms with van der Waals surface area (Å²) in [6.45, 7) is 0.285. The first-order valence-corrected chi connectivity index (χ1v) is 8.24. The van der Waals surface area contributed by atoms with Crippen molar-refractivity contribution in [2.45, 2.75) is 18.5 Å². The van der Waals surface area contributed by atoms with Crippen LogP contribution in [0.25, 0.3) is 0 Å². The lowest BCUT2D eigenvalue weighted by Crippen LogP contribution is -2.27. The molecule has 0 amide bonds. The Morgan fingerprint density at radius 2 is 2.17 bits per heavy atom. The number of hydrogen-bond donors (Lipinski definition) is 1. The Balaban J connectivity index is 1.53. The van der Waals surface area contributed by atoms with Crippen LogP contribution in [0.3, 0.4) is 0 Å². The van der Waals surface area contributed by atoms with Gasteiger partial charge in [-0.1, -0.05) is 17.2 Å².